The number of rotatable bonds is 8. The number of aliphatic hydroxyl groups is 1. The predicted octanol–water partition coefficient (Wildman–Crippen LogP) is 2.97. The molecule has 0 bridgehead atoms. The Hall–Kier alpha value is -1.06. The zero-order chi connectivity index (χ0) is 14.3. The zero-order valence-electron chi connectivity index (χ0n) is 12.6. The Morgan fingerprint density at radius 1 is 1.26 bits per heavy atom. The quantitative estimate of drug-likeness (QED) is 0.759. The molecule has 0 saturated carbocycles. The Bertz CT molecular complexity index is 358. The molecule has 0 radical (unpaired) electrons. The molecule has 1 aromatic carbocycles. The van der Waals surface area contributed by atoms with Gasteiger partial charge in [0.15, 0.2) is 0 Å². The Kier molecular flexibility index (Phi) is 6.32. The van der Waals surface area contributed by atoms with Crippen LogP contribution in [0.4, 0.5) is 0 Å². The summed E-state index contributed by atoms with van der Waals surface area (Å²) in [5.74, 6) is 1.40. The Morgan fingerprint density at radius 3 is 2.42 bits per heavy atom. The molecule has 108 valence electrons. The van der Waals surface area contributed by atoms with Crippen LogP contribution in [0, 0.1) is 5.92 Å². The molecule has 0 aromatic heterocycles. The second-order valence-corrected chi connectivity index (χ2v) is 5.78. The van der Waals surface area contributed by atoms with Gasteiger partial charge in [-0.05, 0) is 43.9 Å². The van der Waals surface area contributed by atoms with Gasteiger partial charge >= 0.3 is 0 Å². The molecule has 1 aromatic rings. The highest BCUT2D eigenvalue weighted by Crippen LogP contribution is 2.16. The highest BCUT2D eigenvalue weighted by atomic mass is 16.5. The molecule has 0 saturated heterocycles. The van der Waals surface area contributed by atoms with Crippen molar-refractivity contribution in [1.29, 1.82) is 0 Å². The van der Waals surface area contributed by atoms with E-state index in [1.54, 1.807) is 0 Å². The Balaban J connectivity index is 2.36. The van der Waals surface area contributed by atoms with Crippen LogP contribution in [0.15, 0.2) is 24.3 Å². The molecule has 0 aliphatic carbocycles. The summed E-state index contributed by atoms with van der Waals surface area (Å²) in [5, 5.41) is 13.5. The van der Waals surface area contributed by atoms with Gasteiger partial charge in [-0.3, -0.25) is 0 Å². The lowest BCUT2D eigenvalue weighted by Crippen LogP contribution is -2.38. The lowest BCUT2D eigenvalue weighted by atomic mass is 9.94. The van der Waals surface area contributed by atoms with Crippen molar-refractivity contribution in [2.75, 3.05) is 13.2 Å². The first-order valence-electron chi connectivity index (χ1n) is 7.08. The Labute approximate surface area is 117 Å². The van der Waals surface area contributed by atoms with E-state index < -0.39 is 5.60 Å². The standard InChI is InChI=1S/C16H27NO2/c1-5-19-15-8-6-14(7-9-15)11-17-12-16(4,18)10-13(2)3/h6-9,13,17-18H,5,10-12H2,1-4H3. The van der Waals surface area contributed by atoms with E-state index in [4.69, 9.17) is 4.74 Å². The fourth-order valence-corrected chi connectivity index (χ4v) is 2.30. The fourth-order valence-electron chi connectivity index (χ4n) is 2.30. The summed E-state index contributed by atoms with van der Waals surface area (Å²) < 4.78 is 5.40. The highest BCUT2D eigenvalue weighted by Gasteiger charge is 2.20. The third-order valence-electron chi connectivity index (χ3n) is 2.92. The molecule has 19 heavy (non-hydrogen) atoms. The average molecular weight is 265 g/mol. The van der Waals surface area contributed by atoms with Crippen LogP contribution >= 0.6 is 0 Å². The minimum atomic E-state index is -0.639. The number of benzene rings is 1. The number of nitrogens with one attached hydrogen (secondary N) is 1. The van der Waals surface area contributed by atoms with Gasteiger partial charge in [0.05, 0.1) is 12.2 Å². The van der Waals surface area contributed by atoms with E-state index in [1.807, 2.05) is 26.0 Å². The monoisotopic (exact) mass is 265 g/mol. The lowest BCUT2D eigenvalue weighted by molar-refractivity contribution is 0.0383. The summed E-state index contributed by atoms with van der Waals surface area (Å²) in [5.41, 5.74) is 0.559. The van der Waals surface area contributed by atoms with Crippen LogP contribution in [0.3, 0.4) is 0 Å². The van der Waals surface area contributed by atoms with Crippen LogP contribution in [0.2, 0.25) is 0 Å². The van der Waals surface area contributed by atoms with E-state index >= 15 is 0 Å². The topological polar surface area (TPSA) is 41.5 Å². The molecule has 1 rings (SSSR count). The van der Waals surface area contributed by atoms with Gasteiger partial charge in [-0.15, -0.1) is 0 Å². The summed E-state index contributed by atoms with van der Waals surface area (Å²) in [6.07, 6.45) is 0.809. The lowest BCUT2D eigenvalue weighted by Gasteiger charge is -2.25. The minimum absolute atomic E-state index is 0.502. The summed E-state index contributed by atoms with van der Waals surface area (Å²) in [6.45, 7) is 10.2. The van der Waals surface area contributed by atoms with E-state index in [0.29, 0.717) is 19.1 Å². The number of hydrogen-bond donors (Lipinski definition) is 2. The maximum absolute atomic E-state index is 10.2. The molecule has 1 atom stereocenters. The molecular weight excluding hydrogens is 238 g/mol. The molecule has 0 spiro atoms. The second kappa shape index (κ2) is 7.51. The minimum Gasteiger partial charge on any atom is -0.494 e. The van der Waals surface area contributed by atoms with Crippen molar-refractivity contribution in [2.24, 2.45) is 5.92 Å². The first-order valence-corrected chi connectivity index (χ1v) is 7.08. The fraction of sp³-hybridized carbons (Fsp3) is 0.625. The summed E-state index contributed by atoms with van der Waals surface area (Å²) in [7, 11) is 0. The van der Waals surface area contributed by atoms with Crippen molar-refractivity contribution in [3.05, 3.63) is 29.8 Å². The molecule has 2 N–H and O–H groups in total. The SMILES string of the molecule is CCOc1ccc(CNCC(C)(O)CC(C)C)cc1. The van der Waals surface area contributed by atoms with Crippen LogP contribution in [0.25, 0.3) is 0 Å². The molecule has 3 heteroatoms. The summed E-state index contributed by atoms with van der Waals surface area (Å²) >= 11 is 0. The molecule has 0 aliphatic heterocycles. The maximum atomic E-state index is 10.2. The molecule has 3 nitrogen and oxygen atoms in total. The van der Waals surface area contributed by atoms with Crippen molar-refractivity contribution < 1.29 is 9.84 Å². The third kappa shape index (κ3) is 6.60. The molecule has 1 unspecified atom stereocenters. The first kappa shape index (κ1) is 16.0. The van der Waals surface area contributed by atoms with Gasteiger partial charge in [-0.2, -0.15) is 0 Å². The summed E-state index contributed by atoms with van der Waals surface area (Å²) in [4.78, 5) is 0. The summed E-state index contributed by atoms with van der Waals surface area (Å²) in [6, 6.07) is 8.06. The number of hydrogen-bond acceptors (Lipinski definition) is 3. The van der Waals surface area contributed by atoms with Gasteiger partial charge in [0, 0.05) is 13.1 Å². The smallest absolute Gasteiger partial charge is 0.119 e. The van der Waals surface area contributed by atoms with Crippen molar-refractivity contribution in [3.63, 3.8) is 0 Å². The van der Waals surface area contributed by atoms with Crippen molar-refractivity contribution in [2.45, 2.75) is 46.3 Å². The predicted molar refractivity (Wildman–Crippen MR) is 79.4 cm³/mol. The number of ether oxygens (including phenoxy) is 1. The van der Waals surface area contributed by atoms with Crippen molar-refractivity contribution in [1.82, 2.24) is 5.32 Å². The molecule has 0 heterocycles. The highest BCUT2D eigenvalue weighted by molar-refractivity contribution is 5.27. The molecule has 0 fully saturated rings. The normalized spacial score (nSPS) is 14.4. The third-order valence-corrected chi connectivity index (χ3v) is 2.92. The van der Waals surface area contributed by atoms with E-state index in [9.17, 15) is 5.11 Å². The van der Waals surface area contributed by atoms with E-state index in [-0.39, 0.29) is 0 Å². The van der Waals surface area contributed by atoms with Gasteiger partial charge in [0.25, 0.3) is 0 Å². The van der Waals surface area contributed by atoms with Crippen LogP contribution in [0.5, 0.6) is 5.75 Å². The van der Waals surface area contributed by atoms with Crippen LogP contribution < -0.4 is 10.1 Å². The molecular formula is C16H27NO2. The maximum Gasteiger partial charge on any atom is 0.119 e. The van der Waals surface area contributed by atoms with E-state index in [1.165, 1.54) is 5.56 Å². The van der Waals surface area contributed by atoms with Gasteiger partial charge in [-0.25, -0.2) is 0 Å². The Morgan fingerprint density at radius 2 is 1.89 bits per heavy atom. The van der Waals surface area contributed by atoms with Gasteiger partial charge in [-0.1, -0.05) is 26.0 Å². The zero-order valence-corrected chi connectivity index (χ0v) is 12.6. The van der Waals surface area contributed by atoms with Crippen LogP contribution in [-0.2, 0) is 6.54 Å². The van der Waals surface area contributed by atoms with Gasteiger partial charge < -0.3 is 15.2 Å². The largest absolute Gasteiger partial charge is 0.494 e. The van der Waals surface area contributed by atoms with E-state index in [2.05, 4.69) is 31.3 Å². The van der Waals surface area contributed by atoms with Crippen LogP contribution in [0.1, 0.15) is 39.7 Å². The van der Waals surface area contributed by atoms with Gasteiger partial charge in [0.1, 0.15) is 5.75 Å². The van der Waals surface area contributed by atoms with Crippen LogP contribution in [-0.4, -0.2) is 23.9 Å². The van der Waals surface area contributed by atoms with Gasteiger partial charge in [0.2, 0.25) is 0 Å². The first-order chi connectivity index (χ1) is 8.93. The molecule has 0 aliphatic rings. The van der Waals surface area contributed by atoms with Crippen molar-refractivity contribution >= 4 is 0 Å². The molecule has 0 amide bonds. The second-order valence-electron chi connectivity index (χ2n) is 5.78. The van der Waals surface area contributed by atoms with Crippen molar-refractivity contribution in [3.8, 4) is 5.75 Å². The average Bonchev–Trinajstić information content (AvgIpc) is 2.30. The van der Waals surface area contributed by atoms with E-state index in [0.717, 1.165) is 18.7 Å².